The van der Waals surface area contributed by atoms with Crippen molar-refractivity contribution in [1.82, 2.24) is 0 Å². The van der Waals surface area contributed by atoms with Crippen molar-refractivity contribution in [3.05, 3.63) is 12.2 Å². The van der Waals surface area contributed by atoms with E-state index in [-0.39, 0.29) is 25.6 Å². The van der Waals surface area contributed by atoms with Crippen molar-refractivity contribution in [1.29, 1.82) is 0 Å². The lowest BCUT2D eigenvalue weighted by Gasteiger charge is -2.24. The van der Waals surface area contributed by atoms with Crippen LogP contribution in [0.4, 0.5) is 0 Å². The number of allylic oxidation sites excluding steroid dienone is 2. The minimum absolute atomic E-state index is 0.0335. The summed E-state index contributed by atoms with van der Waals surface area (Å²) in [5.74, 6) is -0.801. The fourth-order valence-electron chi connectivity index (χ4n) is 5.54. The number of quaternary nitrogens is 1. The van der Waals surface area contributed by atoms with Crippen LogP contribution >= 0.6 is 7.82 Å². The van der Waals surface area contributed by atoms with Crippen molar-refractivity contribution < 1.29 is 42.1 Å². The SMILES string of the molecule is CCCCCCCC/C=C\CCCCCCCCCC(=O)OC(COC(=O)CCCCCCCCCCC)COP(=O)(O)OCC[N+](C)(C)C. The van der Waals surface area contributed by atoms with E-state index in [4.69, 9.17) is 18.5 Å². The van der Waals surface area contributed by atoms with Gasteiger partial charge in [0.2, 0.25) is 0 Å². The quantitative estimate of drug-likeness (QED) is 0.0221. The van der Waals surface area contributed by atoms with Crippen molar-refractivity contribution in [3.8, 4) is 0 Å². The molecule has 296 valence electrons. The molecular formula is C40H79NO8P+. The molecule has 0 bridgehead atoms. The summed E-state index contributed by atoms with van der Waals surface area (Å²) < 4.78 is 34.2. The monoisotopic (exact) mass is 733 g/mol. The van der Waals surface area contributed by atoms with Crippen molar-refractivity contribution in [2.45, 2.75) is 187 Å². The average molecular weight is 733 g/mol. The van der Waals surface area contributed by atoms with Gasteiger partial charge in [0.25, 0.3) is 0 Å². The van der Waals surface area contributed by atoms with E-state index in [0.29, 0.717) is 23.9 Å². The highest BCUT2D eigenvalue weighted by Gasteiger charge is 2.27. The second-order valence-corrected chi connectivity index (χ2v) is 16.5. The Balaban J connectivity index is 4.35. The van der Waals surface area contributed by atoms with Crippen LogP contribution in [0.1, 0.15) is 181 Å². The molecule has 0 rings (SSSR count). The normalized spacial score (nSPS) is 13.8. The van der Waals surface area contributed by atoms with E-state index in [9.17, 15) is 19.0 Å². The Kier molecular flexibility index (Phi) is 32.7. The van der Waals surface area contributed by atoms with Crippen LogP contribution in [0.15, 0.2) is 12.2 Å². The third kappa shape index (κ3) is 36.5. The summed E-state index contributed by atoms with van der Waals surface area (Å²) in [7, 11) is 1.48. The zero-order valence-electron chi connectivity index (χ0n) is 33.1. The Morgan fingerprint density at radius 1 is 0.600 bits per heavy atom. The lowest BCUT2D eigenvalue weighted by Crippen LogP contribution is -2.37. The summed E-state index contributed by atoms with van der Waals surface area (Å²) in [5.41, 5.74) is 0. The maximum absolute atomic E-state index is 12.6. The number of unbranched alkanes of at least 4 members (excludes halogenated alkanes) is 21. The maximum atomic E-state index is 12.6. The summed E-state index contributed by atoms with van der Waals surface area (Å²) in [6, 6.07) is 0. The average Bonchev–Trinajstić information content (AvgIpc) is 3.06. The second-order valence-electron chi connectivity index (χ2n) is 15.0. The van der Waals surface area contributed by atoms with E-state index in [0.717, 1.165) is 44.9 Å². The Morgan fingerprint density at radius 2 is 1.02 bits per heavy atom. The number of phosphoric ester groups is 1. The summed E-state index contributed by atoms with van der Waals surface area (Å²) in [4.78, 5) is 35.2. The third-order valence-electron chi connectivity index (χ3n) is 8.80. The molecule has 0 spiro atoms. The first-order valence-corrected chi connectivity index (χ1v) is 21.9. The van der Waals surface area contributed by atoms with Gasteiger partial charge in [-0.15, -0.1) is 0 Å². The second kappa shape index (κ2) is 33.6. The zero-order chi connectivity index (χ0) is 37.2. The van der Waals surface area contributed by atoms with E-state index in [1.54, 1.807) is 0 Å². The van der Waals surface area contributed by atoms with Crippen LogP contribution in [0.25, 0.3) is 0 Å². The van der Waals surface area contributed by atoms with Gasteiger partial charge in [0, 0.05) is 12.8 Å². The molecule has 0 heterocycles. The summed E-state index contributed by atoms with van der Waals surface area (Å²) in [6.45, 7) is 4.39. The molecule has 0 aliphatic heterocycles. The number of likely N-dealkylation sites (N-methyl/N-ethyl adjacent to an activating group) is 1. The van der Waals surface area contributed by atoms with Gasteiger partial charge >= 0.3 is 19.8 Å². The van der Waals surface area contributed by atoms with E-state index < -0.39 is 26.5 Å². The van der Waals surface area contributed by atoms with Gasteiger partial charge in [0.15, 0.2) is 6.10 Å². The summed E-state index contributed by atoms with van der Waals surface area (Å²) >= 11 is 0. The number of nitrogens with zero attached hydrogens (tertiary/aromatic N) is 1. The first-order chi connectivity index (χ1) is 24.0. The highest BCUT2D eigenvalue weighted by Crippen LogP contribution is 2.43. The van der Waals surface area contributed by atoms with Gasteiger partial charge < -0.3 is 18.9 Å². The van der Waals surface area contributed by atoms with Gasteiger partial charge in [-0.25, -0.2) is 4.57 Å². The zero-order valence-corrected chi connectivity index (χ0v) is 34.0. The minimum atomic E-state index is -4.36. The fourth-order valence-corrected chi connectivity index (χ4v) is 6.28. The Labute approximate surface area is 307 Å². The molecule has 0 saturated heterocycles. The summed E-state index contributed by atoms with van der Waals surface area (Å²) in [6.07, 6.45) is 32.6. The summed E-state index contributed by atoms with van der Waals surface area (Å²) in [5, 5.41) is 0. The van der Waals surface area contributed by atoms with Gasteiger partial charge in [0.1, 0.15) is 19.8 Å². The number of phosphoric acid groups is 1. The highest BCUT2D eigenvalue weighted by atomic mass is 31.2. The van der Waals surface area contributed by atoms with Gasteiger partial charge in [-0.3, -0.25) is 18.6 Å². The molecule has 0 amide bonds. The van der Waals surface area contributed by atoms with Crippen LogP contribution in [0.3, 0.4) is 0 Å². The first-order valence-electron chi connectivity index (χ1n) is 20.4. The fraction of sp³-hybridized carbons (Fsp3) is 0.900. The van der Waals surface area contributed by atoms with Crippen molar-refractivity contribution >= 4 is 19.8 Å². The van der Waals surface area contributed by atoms with E-state index in [2.05, 4.69) is 26.0 Å². The van der Waals surface area contributed by atoms with Crippen LogP contribution in [-0.4, -0.2) is 74.9 Å². The lowest BCUT2D eigenvalue weighted by molar-refractivity contribution is -0.870. The van der Waals surface area contributed by atoms with Crippen LogP contribution in [0.2, 0.25) is 0 Å². The van der Waals surface area contributed by atoms with Gasteiger partial charge in [-0.1, -0.05) is 142 Å². The topological polar surface area (TPSA) is 108 Å². The molecule has 50 heavy (non-hydrogen) atoms. The minimum Gasteiger partial charge on any atom is -0.462 e. The van der Waals surface area contributed by atoms with Gasteiger partial charge in [0.05, 0.1) is 27.7 Å². The first kappa shape index (κ1) is 48.8. The molecule has 0 aromatic carbocycles. The predicted molar refractivity (Wildman–Crippen MR) is 206 cm³/mol. The number of hydrogen-bond donors (Lipinski definition) is 1. The molecule has 0 aliphatic rings. The molecule has 0 saturated carbocycles. The number of rotatable bonds is 37. The van der Waals surface area contributed by atoms with Crippen LogP contribution in [0.5, 0.6) is 0 Å². The smallest absolute Gasteiger partial charge is 0.462 e. The number of carbonyl (C=O) groups excluding carboxylic acids is 2. The molecule has 0 radical (unpaired) electrons. The molecular weight excluding hydrogens is 653 g/mol. The molecule has 0 fully saturated rings. The van der Waals surface area contributed by atoms with E-state index in [1.807, 2.05) is 21.1 Å². The van der Waals surface area contributed by atoms with Crippen LogP contribution in [0, 0.1) is 0 Å². The van der Waals surface area contributed by atoms with E-state index in [1.165, 1.54) is 103 Å². The van der Waals surface area contributed by atoms with Crippen molar-refractivity contribution in [2.24, 2.45) is 0 Å². The number of ether oxygens (including phenoxy) is 2. The molecule has 0 aromatic rings. The van der Waals surface area contributed by atoms with Crippen LogP contribution < -0.4 is 0 Å². The molecule has 1 N–H and O–H groups in total. The van der Waals surface area contributed by atoms with Crippen molar-refractivity contribution in [2.75, 3.05) is 47.5 Å². The molecule has 9 nitrogen and oxygen atoms in total. The number of carbonyl (C=O) groups is 2. The number of hydrogen-bond acceptors (Lipinski definition) is 7. The highest BCUT2D eigenvalue weighted by molar-refractivity contribution is 7.47. The van der Waals surface area contributed by atoms with Gasteiger partial charge in [-0.2, -0.15) is 0 Å². The Hall–Kier alpha value is -1.25. The van der Waals surface area contributed by atoms with Gasteiger partial charge in [-0.05, 0) is 38.5 Å². The maximum Gasteiger partial charge on any atom is 0.472 e. The van der Waals surface area contributed by atoms with Crippen molar-refractivity contribution in [3.63, 3.8) is 0 Å². The third-order valence-corrected chi connectivity index (χ3v) is 9.78. The lowest BCUT2D eigenvalue weighted by atomic mass is 10.1. The standard InChI is InChI=1S/C40H78NO8P/c1-6-8-10-12-14-16-17-18-19-20-21-22-23-25-27-29-31-33-40(43)49-38(37-48-50(44,45)47-35-34-41(3,4)5)36-46-39(42)32-30-28-26-24-15-13-11-9-7-2/h18-19,38H,6-17,20-37H2,1-5H3/p+1/b19-18-. The predicted octanol–water partition coefficient (Wildman–Crippen LogP) is 11.0. The molecule has 2 atom stereocenters. The molecule has 10 heteroatoms. The molecule has 0 aliphatic carbocycles. The Bertz CT molecular complexity index is 876. The van der Waals surface area contributed by atoms with Crippen LogP contribution in [-0.2, 0) is 32.7 Å². The Morgan fingerprint density at radius 3 is 1.48 bits per heavy atom. The number of esters is 2. The largest absolute Gasteiger partial charge is 0.472 e. The molecule has 0 aromatic heterocycles. The van der Waals surface area contributed by atoms with E-state index >= 15 is 0 Å². The molecule has 2 unspecified atom stereocenters.